The van der Waals surface area contributed by atoms with Gasteiger partial charge in [0, 0.05) is 22.6 Å². The number of benzene rings is 2. The first kappa shape index (κ1) is 24.3. The van der Waals surface area contributed by atoms with Gasteiger partial charge in [-0.3, -0.25) is 9.10 Å². The van der Waals surface area contributed by atoms with Gasteiger partial charge in [0.15, 0.2) is 0 Å². The van der Waals surface area contributed by atoms with Gasteiger partial charge in [0.05, 0.1) is 18.2 Å². The van der Waals surface area contributed by atoms with Gasteiger partial charge in [-0.25, -0.2) is 13.8 Å². The number of hydrazone groups is 1. The van der Waals surface area contributed by atoms with E-state index in [1.807, 2.05) is 26.0 Å². The van der Waals surface area contributed by atoms with E-state index >= 15 is 0 Å². The molecule has 33 heavy (non-hydrogen) atoms. The second kappa shape index (κ2) is 9.62. The smallest absolute Gasteiger partial charge is 0.260 e. The van der Waals surface area contributed by atoms with Gasteiger partial charge in [0.1, 0.15) is 6.54 Å². The molecular formula is C25H30N4O3S. The van der Waals surface area contributed by atoms with Crippen LogP contribution >= 0.6 is 0 Å². The number of para-hydroxylation sites is 1. The fourth-order valence-electron chi connectivity index (χ4n) is 3.74. The Hall–Kier alpha value is -3.39. The highest BCUT2D eigenvalue weighted by Gasteiger charge is 2.22. The van der Waals surface area contributed by atoms with Crippen molar-refractivity contribution in [3.63, 3.8) is 0 Å². The lowest BCUT2D eigenvalue weighted by atomic mass is 10.1. The summed E-state index contributed by atoms with van der Waals surface area (Å²) in [5.74, 6) is -0.525. The van der Waals surface area contributed by atoms with Crippen LogP contribution in [0.15, 0.2) is 53.6 Å². The van der Waals surface area contributed by atoms with E-state index in [9.17, 15) is 13.2 Å². The molecule has 0 aliphatic heterocycles. The van der Waals surface area contributed by atoms with Crippen LogP contribution in [-0.4, -0.2) is 37.9 Å². The number of aryl methyl sites for hydroxylation is 4. The second-order valence-electron chi connectivity index (χ2n) is 8.28. The van der Waals surface area contributed by atoms with E-state index in [1.54, 1.807) is 31.3 Å². The normalized spacial score (nSPS) is 11.7. The Morgan fingerprint density at radius 1 is 1.00 bits per heavy atom. The molecule has 1 amide bonds. The second-order valence-corrected chi connectivity index (χ2v) is 10.2. The van der Waals surface area contributed by atoms with E-state index < -0.39 is 15.9 Å². The SMILES string of the molecule is Cc1ccc(-n2c(C)cc(/C=N\NC(=O)CN(c3ccccc3C)S(C)(=O)=O)c2C)cc1C. The molecule has 8 heteroatoms. The Balaban J connectivity index is 1.76. The molecule has 0 saturated carbocycles. The largest absolute Gasteiger partial charge is 0.318 e. The summed E-state index contributed by atoms with van der Waals surface area (Å²) >= 11 is 0. The molecule has 2 aromatic carbocycles. The number of anilines is 1. The number of amides is 1. The van der Waals surface area contributed by atoms with E-state index in [2.05, 4.69) is 47.1 Å². The molecule has 0 aliphatic carbocycles. The molecule has 3 aromatic rings. The van der Waals surface area contributed by atoms with Crippen LogP contribution in [0.2, 0.25) is 0 Å². The summed E-state index contributed by atoms with van der Waals surface area (Å²) in [5.41, 5.74) is 10.1. The van der Waals surface area contributed by atoms with Crippen molar-refractivity contribution in [2.45, 2.75) is 34.6 Å². The van der Waals surface area contributed by atoms with Crippen LogP contribution in [0.3, 0.4) is 0 Å². The Kier molecular flexibility index (Phi) is 7.07. The van der Waals surface area contributed by atoms with Gasteiger partial charge in [0.25, 0.3) is 5.91 Å². The maximum absolute atomic E-state index is 12.5. The molecule has 0 aliphatic rings. The van der Waals surface area contributed by atoms with Gasteiger partial charge in [-0.05, 0) is 75.6 Å². The molecule has 0 unspecified atom stereocenters. The lowest BCUT2D eigenvalue weighted by Crippen LogP contribution is -2.39. The van der Waals surface area contributed by atoms with Crippen molar-refractivity contribution in [1.29, 1.82) is 0 Å². The third-order valence-corrected chi connectivity index (χ3v) is 6.81. The van der Waals surface area contributed by atoms with Crippen LogP contribution in [0.1, 0.15) is 33.6 Å². The number of carbonyl (C=O) groups is 1. The van der Waals surface area contributed by atoms with Crippen LogP contribution in [0.25, 0.3) is 5.69 Å². The number of aromatic nitrogens is 1. The van der Waals surface area contributed by atoms with Crippen LogP contribution in [0.4, 0.5) is 5.69 Å². The number of hydrogen-bond acceptors (Lipinski definition) is 4. The summed E-state index contributed by atoms with van der Waals surface area (Å²) in [6, 6.07) is 15.3. The van der Waals surface area contributed by atoms with Crippen LogP contribution in [0.5, 0.6) is 0 Å². The van der Waals surface area contributed by atoms with E-state index in [0.717, 1.165) is 38.8 Å². The third kappa shape index (κ3) is 5.51. The zero-order valence-electron chi connectivity index (χ0n) is 19.9. The van der Waals surface area contributed by atoms with E-state index in [0.29, 0.717) is 5.69 Å². The van der Waals surface area contributed by atoms with Crippen LogP contribution in [0, 0.1) is 34.6 Å². The highest BCUT2D eigenvalue weighted by Crippen LogP contribution is 2.23. The number of nitrogens with one attached hydrogen (secondary N) is 1. The minimum absolute atomic E-state index is 0.358. The fourth-order valence-corrected chi connectivity index (χ4v) is 4.66. The van der Waals surface area contributed by atoms with Crippen molar-refractivity contribution < 1.29 is 13.2 Å². The Morgan fingerprint density at radius 2 is 1.70 bits per heavy atom. The van der Waals surface area contributed by atoms with Gasteiger partial charge in [0.2, 0.25) is 10.0 Å². The summed E-state index contributed by atoms with van der Waals surface area (Å²) in [5, 5.41) is 4.07. The van der Waals surface area contributed by atoms with Gasteiger partial charge < -0.3 is 4.57 Å². The van der Waals surface area contributed by atoms with Crippen molar-refractivity contribution in [2.75, 3.05) is 17.1 Å². The highest BCUT2D eigenvalue weighted by molar-refractivity contribution is 7.92. The molecule has 1 aromatic heterocycles. The lowest BCUT2D eigenvalue weighted by Gasteiger charge is -2.23. The maximum atomic E-state index is 12.5. The molecule has 0 saturated heterocycles. The molecule has 0 radical (unpaired) electrons. The van der Waals surface area contributed by atoms with Crippen molar-refractivity contribution >= 4 is 27.8 Å². The van der Waals surface area contributed by atoms with E-state index in [-0.39, 0.29) is 6.54 Å². The fraction of sp³-hybridized carbons (Fsp3) is 0.280. The Morgan fingerprint density at radius 3 is 2.33 bits per heavy atom. The molecule has 7 nitrogen and oxygen atoms in total. The number of carbonyl (C=O) groups excluding carboxylic acids is 1. The Bertz CT molecular complexity index is 1320. The topological polar surface area (TPSA) is 83.8 Å². The van der Waals surface area contributed by atoms with Gasteiger partial charge in [-0.15, -0.1) is 0 Å². The number of sulfonamides is 1. The molecule has 3 rings (SSSR count). The first-order chi connectivity index (χ1) is 15.5. The molecule has 1 heterocycles. The quantitative estimate of drug-likeness (QED) is 0.423. The molecule has 0 spiro atoms. The van der Waals surface area contributed by atoms with Crippen molar-refractivity contribution in [3.05, 3.63) is 82.2 Å². The zero-order chi connectivity index (χ0) is 24.3. The number of rotatable bonds is 7. The van der Waals surface area contributed by atoms with Crippen LogP contribution in [-0.2, 0) is 14.8 Å². The first-order valence-electron chi connectivity index (χ1n) is 10.6. The first-order valence-corrected chi connectivity index (χ1v) is 12.5. The summed E-state index contributed by atoms with van der Waals surface area (Å²) in [6.07, 6.45) is 2.66. The van der Waals surface area contributed by atoms with Crippen molar-refractivity contribution in [2.24, 2.45) is 5.10 Å². The number of nitrogens with zero attached hydrogens (tertiary/aromatic N) is 3. The van der Waals surface area contributed by atoms with Crippen LogP contribution < -0.4 is 9.73 Å². The molecule has 174 valence electrons. The van der Waals surface area contributed by atoms with Gasteiger partial charge >= 0.3 is 0 Å². The highest BCUT2D eigenvalue weighted by atomic mass is 32.2. The van der Waals surface area contributed by atoms with E-state index in [4.69, 9.17) is 0 Å². The molecular weight excluding hydrogens is 436 g/mol. The third-order valence-electron chi connectivity index (χ3n) is 5.68. The summed E-state index contributed by atoms with van der Waals surface area (Å²) in [4.78, 5) is 12.5. The monoisotopic (exact) mass is 466 g/mol. The average molecular weight is 467 g/mol. The summed E-state index contributed by atoms with van der Waals surface area (Å²) in [6.45, 7) is 9.62. The molecule has 0 atom stereocenters. The summed E-state index contributed by atoms with van der Waals surface area (Å²) < 4.78 is 27.8. The molecule has 0 bridgehead atoms. The van der Waals surface area contributed by atoms with Gasteiger partial charge in [-0.1, -0.05) is 24.3 Å². The lowest BCUT2D eigenvalue weighted by molar-refractivity contribution is -0.119. The van der Waals surface area contributed by atoms with Crippen molar-refractivity contribution in [3.8, 4) is 5.69 Å². The molecule has 0 fully saturated rings. The Labute approximate surface area is 195 Å². The summed E-state index contributed by atoms with van der Waals surface area (Å²) in [7, 11) is -3.64. The van der Waals surface area contributed by atoms with E-state index in [1.165, 1.54) is 11.1 Å². The zero-order valence-corrected chi connectivity index (χ0v) is 20.7. The maximum Gasteiger partial charge on any atom is 0.260 e. The predicted molar refractivity (Wildman–Crippen MR) is 134 cm³/mol. The van der Waals surface area contributed by atoms with Crippen molar-refractivity contribution in [1.82, 2.24) is 9.99 Å². The predicted octanol–water partition coefficient (Wildman–Crippen LogP) is 3.94. The minimum Gasteiger partial charge on any atom is -0.318 e. The molecule has 1 N–H and O–H groups in total. The van der Waals surface area contributed by atoms with Gasteiger partial charge in [-0.2, -0.15) is 5.10 Å². The standard InChI is InChI=1S/C25H30N4O3S/c1-17-11-12-23(13-19(17)3)29-20(4)14-22(21(29)5)15-26-27-25(30)16-28(33(6,31)32)24-10-8-7-9-18(24)2/h7-15H,16H2,1-6H3,(H,27,30)/b26-15-. The number of hydrogen-bond donors (Lipinski definition) is 1. The average Bonchev–Trinajstić information content (AvgIpc) is 3.01. The minimum atomic E-state index is -3.64.